The van der Waals surface area contributed by atoms with Crippen molar-refractivity contribution in [3.63, 3.8) is 0 Å². The first-order valence-electron chi connectivity index (χ1n) is 12.8. The molecular weight excluding hydrogens is 482 g/mol. The number of aliphatic carboxylic acids is 1. The number of guanidine groups is 1. The number of nitrogens with one attached hydrogen (secondary N) is 3. The van der Waals surface area contributed by atoms with Crippen LogP contribution in [0.4, 0.5) is 0 Å². The van der Waals surface area contributed by atoms with E-state index in [1.54, 1.807) is 13.8 Å². The van der Waals surface area contributed by atoms with Crippen LogP contribution >= 0.6 is 0 Å². The third kappa shape index (κ3) is 15.0. The molecule has 214 valence electrons. The summed E-state index contributed by atoms with van der Waals surface area (Å²) in [5.74, 6) is -3.38. The number of amides is 3. The van der Waals surface area contributed by atoms with Gasteiger partial charge in [-0.1, -0.05) is 20.3 Å². The van der Waals surface area contributed by atoms with Crippen LogP contribution in [0.1, 0.15) is 65.2 Å². The van der Waals surface area contributed by atoms with Gasteiger partial charge in [-0.2, -0.15) is 0 Å². The Kier molecular flexibility index (Phi) is 17.6. The van der Waals surface area contributed by atoms with Crippen molar-refractivity contribution < 1.29 is 24.3 Å². The van der Waals surface area contributed by atoms with Crippen molar-refractivity contribution in [2.24, 2.45) is 39.6 Å². The van der Waals surface area contributed by atoms with Gasteiger partial charge in [0.15, 0.2) is 5.96 Å². The third-order valence-electron chi connectivity index (χ3n) is 5.69. The molecule has 0 bridgehead atoms. The topological polar surface area (TPSA) is 267 Å². The van der Waals surface area contributed by atoms with Gasteiger partial charge in [0.1, 0.15) is 18.1 Å². The Morgan fingerprint density at radius 3 is 1.73 bits per heavy atom. The molecule has 14 heteroatoms. The van der Waals surface area contributed by atoms with Gasteiger partial charge in [-0.3, -0.25) is 19.4 Å². The predicted octanol–water partition coefficient (Wildman–Crippen LogP) is -2.18. The lowest BCUT2D eigenvalue weighted by Crippen LogP contribution is -2.57. The zero-order valence-electron chi connectivity index (χ0n) is 22.1. The molecular formula is C23H47N9O5. The molecule has 0 aliphatic heterocycles. The standard InChI is InChI=1S/C23H47N9O5/c1-14(2)18(22(36)37)32-21(35)16(9-4-6-12-25)31-20(34)17(10-7-13-29-23(27)28)30-19(33)15(26)8-3-5-11-24/h14-18H,3-13,24-26H2,1-2H3,(H,30,33)(H,31,34)(H,32,35)(H,36,37)(H4,27,28,29)/t15-,16-,17-,18-/m0/s1. The molecule has 0 aromatic carbocycles. The second-order valence-corrected chi connectivity index (χ2v) is 9.32. The first-order chi connectivity index (χ1) is 17.4. The van der Waals surface area contributed by atoms with Gasteiger partial charge in [0.05, 0.1) is 6.04 Å². The van der Waals surface area contributed by atoms with Crippen LogP contribution in [0.25, 0.3) is 0 Å². The SMILES string of the molecule is CC(C)[C@H](NC(=O)[C@H](CCCCN)NC(=O)[C@H](CCCN=C(N)N)NC(=O)[C@@H](N)CCCCN)C(=O)O. The Morgan fingerprint density at radius 1 is 0.757 bits per heavy atom. The van der Waals surface area contributed by atoms with Crippen LogP contribution in [-0.2, 0) is 19.2 Å². The van der Waals surface area contributed by atoms with Crippen LogP contribution in [0.5, 0.6) is 0 Å². The summed E-state index contributed by atoms with van der Waals surface area (Å²) < 4.78 is 0. The zero-order chi connectivity index (χ0) is 28.4. The molecule has 0 saturated carbocycles. The van der Waals surface area contributed by atoms with E-state index in [4.69, 9.17) is 28.7 Å². The highest BCUT2D eigenvalue weighted by molar-refractivity contribution is 5.94. The van der Waals surface area contributed by atoms with Crippen LogP contribution in [0.2, 0.25) is 0 Å². The minimum atomic E-state index is -1.18. The lowest BCUT2D eigenvalue weighted by molar-refractivity contribution is -0.143. The fraction of sp³-hybridized carbons (Fsp3) is 0.783. The number of carboxylic acid groups (broad SMARTS) is 1. The average molecular weight is 530 g/mol. The van der Waals surface area contributed by atoms with E-state index in [1.807, 2.05) is 0 Å². The van der Waals surface area contributed by atoms with Gasteiger partial charge >= 0.3 is 5.97 Å². The number of aliphatic imine (C=N–C) groups is 1. The molecule has 0 aromatic rings. The molecule has 0 aliphatic rings. The molecule has 37 heavy (non-hydrogen) atoms. The zero-order valence-corrected chi connectivity index (χ0v) is 22.1. The largest absolute Gasteiger partial charge is 0.480 e. The number of unbranched alkanes of at least 4 members (excludes halogenated alkanes) is 2. The highest BCUT2D eigenvalue weighted by atomic mass is 16.4. The lowest BCUT2D eigenvalue weighted by atomic mass is 10.0. The van der Waals surface area contributed by atoms with Crippen molar-refractivity contribution in [3.8, 4) is 0 Å². The molecule has 0 fully saturated rings. The smallest absolute Gasteiger partial charge is 0.326 e. The third-order valence-corrected chi connectivity index (χ3v) is 5.69. The second kappa shape index (κ2) is 19.2. The number of hydrogen-bond donors (Lipinski definition) is 9. The monoisotopic (exact) mass is 529 g/mol. The summed E-state index contributed by atoms with van der Waals surface area (Å²) in [5, 5.41) is 17.2. The van der Waals surface area contributed by atoms with Crippen molar-refractivity contribution in [3.05, 3.63) is 0 Å². The Labute approximate surface area is 218 Å². The maximum atomic E-state index is 13.2. The fourth-order valence-electron chi connectivity index (χ4n) is 3.49. The molecule has 0 unspecified atom stereocenters. The summed E-state index contributed by atoms with van der Waals surface area (Å²) in [6, 6.07) is -3.98. The predicted molar refractivity (Wildman–Crippen MR) is 142 cm³/mol. The molecule has 0 saturated heterocycles. The van der Waals surface area contributed by atoms with E-state index in [9.17, 15) is 24.3 Å². The van der Waals surface area contributed by atoms with Gasteiger partial charge in [-0.05, 0) is 64.0 Å². The number of nitrogens with two attached hydrogens (primary N) is 5. The van der Waals surface area contributed by atoms with E-state index in [1.165, 1.54) is 0 Å². The van der Waals surface area contributed by atoms with Crippen LogP contribution in [0, 0.1) is 5.92 Å². The summed E-state index contributed by atoms with van der Waals surface area (Å²) >= 11 is 0. The Balaban J connectivity index is 5.57. The van der Waals surface area contributed by atoms with Gasteiger partial charge in [0.25, 0.3) is 0 Å². The fourth-order valence-corrected chi connectivity index (χ4v) is 3.49. The van der Waals surface area contributed by atoms with E-state index in [2.05, 4.69) is 20.9 Å². The van der Waals surface area contributed by atoms with Gasteiger partial charge in [0, 0.05) is 6.54 Å². The number of carboxylic acids is 1. The number of rotatable bonds is 20. The Morgan fingerprint density at radius 2 is 1.24 bits per heavy atom. The van der Waals surface area contributed by atoms with Crippen LogP contribution in [0.15, 0.2) is 4.99 Å². The van der Waals surface area contributed by atoms with Crippen molar-refractivity contribution in [2.75, 3.05) is 19.6 Å². The maximum Gasteiger partial charge on any atom is 0.326 e. The number of hydrogen-bond acceptors (Lipinski definition) is 8. The second-order valence-electron chi connectivity index (χ2n) is 9.32. The van der Waals surface area contributed by atoms with Crippen molar-refractivity contribution >= 4 is 29.7 Å². The quantitative estimate of drug-likeness (QED) is 0.0467. The van der Waals surface area contributed by atoms with Crippen LogP contribution < -0.4 is 44.6 Å². The number of carbonyl (C=O) groups excluding carboxylic acids is 3. The van der Waals surface area contributed by atoms with Gasteiger partial charge in [-0.15, -0.1) is 0 Å². The summed E-state index contributed by atoms with van der Waals surface area (Å²) in [5.41, 5.74) is 27.7. The van der Waals surface area contributed by atoms with Crippen LogP contribution in [-0.4, -0.2) is 78.6 Å². The summed E-state index contributed by atoms with van der Waals surface area (Å²) in [4.78, 5) is 54.2. The minimum absolute atomic E-state index is 0.0956. The van der Waals surface area contributed by atoms with Gasteiger partial charge in [0.2, 0.25) is 17.7 Å². The number of carbonyl (C=O) groups is 4. The molecule has 0 aromatic heterocycles. The van der Waals surface area contributed by atoms with E-state index in [0.717, 1.165) is 6.42 Å². The molecule has 4 atom stereocenters. The van der Waals surface area contributed by atoms with Gasteiger partial charge in [-0.25, -0.2) is 4.79 Å². The van der Waals surface area contributed by atoms with Crippen molar-refractivity contribution in [1.29, 1.82) is 0 Å². The van der Waals surface area contributed by atoms with Gasteiger partial charge < -0.3 is 49.7 Å². The Bertz CT molecular complexity index is 744. The van der Waals surface area contributed by atoms with Crippen LogP contribution in [0.3, 0.4) is 0 Å². The number of nitrogens with zero attached hydrogens (tertiary/aromatic N) is 1. The van der Waals surface area contributed by atoms with E-state index in [0.29, 0.717) is 45.2 Å². The molecule has 14 nitrogen and oxygen atoms in total. The van der Waals surface area contributed by atoms with E-state index < -0.39 is 47.9 Å². The average Bonchev–Trinajstić information content (AvgIpc) is 2.82. The summed E-state index contributed by atoms with van der Waals surface area (Å²) in [6.07, 6.45) is 3.73. The molecule has 0 radical (unpaired) electrons. The molecule has 0 heterocycles. The van der Waals surface area contributed by atoms with Crippen molar-refractivity contribution in [2.45, 2.75) is 89.4 Å². The summed E-state index contributed by atoms with van der Waals surface area (Å²) in [7, 11) is 0. The highest BCUT2D eigenvalue weighted by Gasteiger charge is 2.31. The van der Waals surface area contributed by atoms with E-state index in [-0.39, 0.29) is 31.3 Å². The lowest BCUT2D eigenvalue weighted by Gasteiger charge is -2.26. The molecule has 3 amide bonds. The molecule has 0 rings (SSSR count). The Hall–Kier alpha value is -2.97. The van der Waals surface area contributed by atoms with Crippen molar-refractivity contribution in [1.82, 2.24) is 16.0 Å². The van der Waals surface area contributed by atoms with E-state index >= 15 is 0 Å². The molecule has 14 N–H and O–H groups in total. The maximum absolute atomic E-state index is 13.2. The molecule has 0 spiro atoms. The highest BCUT2D eigenvalue weighted by Crippen LogP contribution is 2.08. The first kappa shape index (κ1) is 34.0. The first-order valence-corrected chi connectivity index (χ1v) is 12.8. The minimum Gasteiger partial charge on any atom is -0.480 e. The molecule has 0 aliphatic carbocycles. The normalized spacial score (nSPS) is 14.2. The summed E-state index contributed by atoms with van der Waals surface area (Å²) in [6.45, 7) is 4.45.